The van der Waals surface area contributed by atoms with E-state index < -0.39 is 49.5 Å². The van der Waals surface area contributed by atoms with E-state index in [9.17, 15) is 30.3 Å². The molecule has 0 bridgehead atoms. The second-order valence-electron chi connectivity index (χ2n) is 22.2. The Morgan fingerprint density at radius 1 is 0.465 bits per heavy atom. The van der Waals surface area contributed by atoms with Gasteiger partial charge in [0.25, 0.3) is 0 Å². The van der Waals surface area contributed by atoms with Crippen LogP contribution in [0.2, 0.25) is 0 Å². The summed E-state index contributed by atoms with van der Waals surface area (Å²) in [4.78, 5) is 13.1. The average Bonchev–Trinajstić information content (AvgIpc) is 3.37. The normalized spacial score (nSPS) is 19.2. The molecule has 0 aromatic carbocycles. The molecule has 7 unspecified atom stereocenters. The molecule has 1 amide bonds. The molecule has 422 valence electrons. The smallest absolute Gasteiger partial charge is 0.220 e. The molecule has 7 atom stereocenters. The van der Waals surface area contributed by atoms with Gasteiger partial charge in [0.15, 0.2) is 6.29 Å². The molecule has 71 heavy (non-hydrogen) atoms. The van der Waals surface area contributed by atoms with Crippen molar-refractivity contribution in [3.05, 3.63) is 12.2 Å². The first-order valence-electron chi connectivity index (χ1n) is 31.4. The fourth-order valence-electron chi connectivity index (χ4n) is 10.4. The van der Waals surface area contributed by atoms with Crippen LogP contribution in [0.3, 0.4) is 0 Å². The van der Waals surface area contributed by atoms with E-state index in [1.807, 2.05) is 0 Å². The van der Waals surface area contributed by atoms with Crippen molar-refractivity contribution in [2.75, 3.05) is 13.2 Å². The maximum Gasteiger partial charge on any atom is 0.220 e. The van der Waals surface area contributed by atoms with E-state index in [1.54, 1.807) is 0 Å². The monoisotopic (exact) mass is 1010 g/mol. The molecule has 1 rings (SSSR count). The van der Waals surface area contributed by atoms with E-state index in [0.29, 0.717) is 12.8 Å². The molecule has 9 heteroatoms. The Bertz CT molecular complexity index is 1120. The van der Waals surface area contributed by atoms with Crippen LogP contribution >= 0.6 is 0 Å². The number of unbranched alkanes of at least 4 members (excludes halogenated alkanes) is 43. The maximum atomic E-state index is 13.1. The number of nitrogens with one attached hydrogen (secondary N) is 1. The molecule has 6 N–H and O–H groups in total. The zero-order valence-electron chi connectivity index (χ0n) is 47.0. The van der Waals surface area contributed by atoms with Gasteiger partial charge >= 0.3 is 0 Å². The SMILES string of the molecule is CCCCCCCCCCCCCC/C=C\CCCCCCCCCCCCCCC(=O)NC(COC1OC(CO)C(O)C(O)C1O)C(O)CCCCCCCCCCCCCCCCCCCCCC. The highest BCUT2D eigenvalue weighted by Gasteiger charge is 2.44. The van der Waals surface area contributed by atoms with E-state index in [-0.39, 0.29) is 12.5 Å². The van der Waals surface area contributed by atoms with Crippen molar-refractivity contribution in [2.24, 2.45) is 0 Å². The number of carbonyl (C=O) groups excluding carboxylic acids is 1. The van der Waals surface area contributed by atoms with Gasteiger partial charge in [-0.05, 0) is 38.5 Å². The summed E-state index contributed by atoms with van der Waals surface area (Å²) in [6, 6.07) is -0.717. The summed E-state index contributed by atoms with van der Waals surface area (Å²) in [5.74, 6) is -0.138. The number of hydrogen-bond acceptors (Lipinski definition) is 8. The number of hydrogen-bond donors (Lipinski definition) is 6. The van der Waals surface area contributed by atoms with Crippen LogP contribution in [-0.2, 0) is 14.3 Å². The van der Waals surface area contributed by atoms with Crippen molar-refractivity contribution >= 4 is 5.91 Å². The number of ether oxygens (including phenoxy) is 2. The van der Waals surface area contributed by atoms with Crippen LogP contribution in [0.1, 0.15) is 322 Å². The number of aliphatic hydroxyl groups excluding tert-OH is 5. The van der Waals surface area contributed by atoms with E-state index in [1.165, 1.54) is 257 Å². The van der Waals surface area contributed by atoms with Crippen molar-refractivity contribution in [3.8, 4) is 0 Å². The number of amides is 1. The number of carbonyl (C=O) groups is 1. The molecule has 0 saturated carbocycles. The summed E-state index contributed by atoms with van der Waals surface area (Å²) in [5, 5.41) is 54.8. The van der Waals surface area contributed by atoms with Crippen molar-refractivity contribution < 1.29 is 39.8 Å². The Morgan fingerprint density at radius 2 is 0.789 bits per heavy atom. The van der Waals surface area contributed by atoms with E-state index in [2.05, 4.69) is 31.3 Å². The molecule has 9 nitrogen and oxygen atoms in total. The Kier molecular flexibility index (Phi) is 50.1. The van der Waals surface area contributed by atoms with Crippen LogP contribution in [0.4, 0.5) is 0 Å². The Balaban J connectivity index is 2.15. The van der Waals surface area contributed by atoms with E-state index in [0.717, 1.165) is 38.5 Å². The molecule has 1 aliphatic rings. The summed E-state index contributed by atoms with van der Waals surface area (Å²) < 4.78 is 11.3. The number of rotatable bonds is 55. The van der Waals surface area contributed by atoms with Gasteiger partial charge in [0.1, 0.15) is 24.4 Å². The molecule has 1 fully saturated rings. The summed E-state index contributed by atoms with van der Waals surface area (Å²) in [5.41, 5.74) is 0. The minimum Gasteiger partial charge on any atom is -0.394 e. The highest BCUT2D eigenvalue weighted by Crippen LogP contribution is 2.23. The first-order valence-corrected chi connectivity index (χ1v) is 31.4. The summed E-state index contributed by atoms with van der Waals surface area (Å²) in [7, 11) is 0. The van der Waals surface area contributed by atoms with Crippen LogP contribution in [-0.4, -0.2) is 87.5 Å². The Morgan fingerprint density at radius 3 is 1.14 bits per heavy atom. The van der Waals surface area contributed by atoms with Gasteiger partial charge in [-0.1, -0.05) is 289 Å². The Hall–Kier alpha value is -1.07. The van der Waals surface area contributed by atoms with Crippen LogP contribution < -0.4 is 5.32 Å². The minimum atomic E-state index is -1.55. The van der Waals surface area contributed by atoms with Gasteiger partial charge in [0, 0.05) is 6.42 Å². The quantitative estimate of drug-likeness (QED) is 0.0261. The molecule has 1 heterocycles. The first kappa shape index (κ1) is 67.9. The predicted molar refractivity (Wildman–Crippen MR) is 300 cm³/mol. The molecule has 1 saturated heterocycles. The van der Waals surface area contributed by atoms with Gasteiger partial charge < -0.3 is 40.3 Å². The minimum absolute atomic E-state index is 0.133. The second kappa shape index (κ2) is 52.4. The molecule has 0 spiro atoms. The molecular formula is C62H121NO8. The molecule has 0 radical (unpaired) electrons. The fraction of sp³-hybridized carbons (Fsp3) is 0.952. The molecule has 0 aromatic heterocycles. The standard InChI is InChI=1S/C62H121NO8/c1-3-5-7-9-11-13-15-17-19-21-23-25-26-27-28-29-30-31-32-34-36-38-40-42-44-46-48-50-52-58(66)63-55(54-70-62-61(69)60(68)59(67)57(53-64)71-62)56(65)51-49-47-45-43-41-39-37-35-33-24-22-20-18-16-14-12-10-8-6-4-2/h27-28,55-57,59-62,64-65,67-69H,3-26,29-54H2,1-2H3,(H,63,66)/b28-27-. The van der Waals surface area contributed by atoms with Crippen LogP contribution in [0.25, 0.3) is 0 Å². The fourth-order valence-corrected chi connectivity index (χ4v) is 10.4. The third-order valence-corrected chi connectivity index (χ3v) is 15.4. The molecule has 0 aromatic rings. The zero-order valence-corrected chi connectivity index (χ0v) is 47.0. The summed E-state index contributed by atoms with van der Waals surface area (Å²) >= 11 is 0. The lowest BCUT2D eigenvalue weighted by Crippen LogP contribution is -2.60. The number of allylic oxidation sites excluding steroid dienone is 2. The zero-order chi connectivity index (χ0) is 51.5. The summed E-state index contributed by atoms with van der Waals surface area (Å²) in [6.45, 7) is 3.89. The second-order valence-corrected chi connectivity index (χ2v) is 22.2. The predicted octanol–water partition coefficient (Wildman–Crippen LogP) is 16.0. The van der Waals surface area contributed by atoms with Gasteiger partial charge in [-0.15, -0.1) is 0 Å². The topological polar surface area (TPSA) is 149 Å². The van der Waals surface area contributed by atoms with Gasteiger partial charge in [-0.3, -0.25) is 4.79 Å². The van der Waals surface area contributed by atoms with Gasteiger partial charge in [0.2, 0.25) is 5.91 Å². The van der Waals surface area contributed by atoms with Gasteiger partial charge in [-0.2, -0.15) is 0 Å². The van der Waals surface area contributed by atoms with Crippen LogP contribution in [0.5, 0.6) is 0 Å². The third kappa shape index (κ3) is 41.8. The van der Waals surface area contributed by atoms with Crippen molar-refractivity contribution in [1.82, 2.24) is 5.32 Å². The Labute approximate surface area is 439 Å². The maximum absolute atomic E-state index is 13.1. The highest BCUT2D eigenvalue weighted by molar-refractivity contribution is 5.76. The van der Waals surface area contributed by atoms with Gasteiger partial charge in [0.05, 0.1) is 25.4 Å². The average molecular weight is 1010 g/mol. The lowest BCUT2D eigenvalue weighted by atomic mass is 9.99. The molecule has 0 aliphatic carbocycles. The van der Waals surface area contributed by atoms with E-state index >= 15 is 0 Å². The van der Waals surface area contributed by atoms with Crippen molar-refractivity contribution in [3.63, 3.8) is 0 Å². The molecule has 1 aliphatic heterocycles. The lowest BCUT2D eigenvalue weighted by Gasteiger charge is -2.40. The highest BCUT2D eigenvalue weighted by atomic mass is 16.7. The van der Waals surface area contributed by atoms with Crippen molar-refractivity contribution in [1.29, 1.82) is 0 Å². The van der Waals surface area contributed by atoms with Gasteiger partial charge in [-0.25, -0.2) is 0 Å². The van der Waals surface area contributed by atoms with Crippen molar-refractivity contribution in [2.45, 2.75) is 365 Å². The third-order valence-electron chi connectivity index (χ3n) is 15.4. The largest absolute Gasteiger partial charge is 0.394 e. The summed E-state index contributed by atoms with van der Waals surface area (Å²) in [6.07, 6.45) is 58.2. The van der Waals surface area contributed by atoms with Crippen LogP contribution in [0, 0.1) is 0 Å². The molecular weight excluding hydrogens is 887 g/mol. The lowest BCUT2D eigenvalue weighted by molar-refractivity contribution is -0.302. The number of aliphatic hydroxyl groups is 5. The van der Waals surface area contributed by atoms with E-state index in [4.69, 9.17) is 9.47 Å². The van der Waals surface area contributed by atoms with Crippen LogP contribution in [0.15, 0.2) is 12.2 Å². The first-order chi connectivity index (χ1) is 34.8.